The maximum Gasteiger partial charge on any atom is 0.315 e. The summed E-state index contributed by atoms with van der Waals surface area (Å²) in [6, 6.07) is 18.6. The highest BCUT2D eigenvalue weighted by atomic mass is 32.2. The quantitative estimate of drug-likeness (QED) is 0.758. The first-order chi connectivity index (χ1) is 11.3. The Bertz CT molecular complexity index is 700. The smallest absolute Gasteiger partial charge is 0.315 e. The van der Waals surface area contributed by atoms with Crippen molar-refractivity contribution in [1.82, 2.24) is 0 Å². The van der Waals surface area contributed by atoms with Gasteiger partial charge in [-0.1, -0.05) is 48.6 Å². The third kappa shape index (κ3) is 3.59. The highest BCUT2D eigenvalue weighted by Gasteiger charge is 2.24. The number of fused-ring (bicyclic) bond motifs is 1. The number of anilines is 2. The van der Waals surface area contributed by atoms with Crippen molar-refractivity contribution in [2.45, 2.75) is 12.3 Å². The standard InChI is InChI=1S/C19H19NO2S/c1-2-22-19(21)14-23-18-13-12-15-8-6-7-11-17(15)20(18)16-9-4-3-5-10-16/h3-13,18H,2,14H2,1H3. The van der Waals surface area contributed by atoms with Crippen LogP contribution in [0.25, 0.3) is 6.08 Å². The molecule has 0 aromatic heterocycles. The predicted octanol–water partition coefficient (Wildman–Crippen LogP) is 4.47. The normalized spacial score (nSPS) is 16.0. The van der Waals surface area contributed by atoms with E-state index in [1.54, 1.807) is 11.8 Å². The molecule has 23 heavy (non-hydrogen) atoms. The molecule has 0 aliphatic carbocycles. The Morgan fingerprint density at radius 2 is 1.87 bits per heavy atom. The van der Waals surface area contributed by atoms with Gasteiger partial charge < -0.3 is 9.64 Å². The molecular formula is C19H19NO2S. The van der Waals surface area contributed by atoms with Crippen LogP contribution in [0.15, 0.2) is 60.7 Å². The first-order valence-corrected chi connectivity index (χ1v) is 8.73. The molecule has 0 amide bonds. The Morgan fingerprint density at radius 3 is 2.65 bits per heavy atom. The van der Waals surface area contributed by atoms with E-state index in [1.807, 2.05) is 37.3 Å². The van der Waals surface area contributed by atoms with Crippen LogP contribution in [0.3, 0.4) is 0 Å². The molecule has 0 spiro atoms. The lowest BCUT2D eigenvalue weighted by atomic mass is 10.1. The number of benzene rings is 2. The number of nitrogens with zero attached hydrogens (tertiary/aromatic N) is 1. The third-order valence-electron chi connectivity index (χ3n) is 3.60. The second kappa shape index (κ2) is 7.38. The lowest BCUT2D eigenvalue weighted by Crippen LogP contribution is -2.30. The van der Waals surface area contributed by atoms with E-state index < -0.39 is 0 Å². The van der Waals surface area contributed by atoms with Crippen molar-refractivity contribution in [1.29, 1.82) is 0 Å². The van der Waals surface area contributed by atoms with Gasteiger partial charge in [-0.2, -0.15) is 0 Å². The average Bonchev–Trinajstić information content (AvgIpc) is 2.60. The number of para-hydroxylation sites is 2. The summed E-state index contributed by atoms with van der Waals surface area (Å²) in [6.07, 6.45) is 4.26. The second-order valence-electron chi connectivity index (χ2n) is 5.13. The lowest BCUT2D eigenvalue weighted by molar-refractivity contribution is -0.139. The molecule has 3 nitrogen and oxygen atoms in total. The van der Waals surface area contributed by atoms with Gasteiger partial charge in [0.25, 0.3) is 0 Å². The van der Waals surface area contributed by atoms with Gasteiger partial charge in [0.2, 0.25) is 0 Å². The fourth-order valence-electron chi connectivity index (χ4n) is 2.62. The fourth-order valence-corrected chi connectivity index (χ4v) is 3.58. The maximum atomic E-state index is 11.7. The van der Waals surface area contributed by atoms with Crippen LogP contribution < -0.4 is 4.90 Å². The van der Waals surface area contributed by atoms with Gasteiger partial charge in [0.05, 0.1) is 17.7 Å². The predicted molar refractivity (Wildman–Crippen MR) is 96.9 cm³/mol. The first-order valence-electron chi connectivity index (χ1n) is 7.68. The molecule has 3 rings (SSSR count). The Hall–Kier alpha value is -2.20. The number of carbonyl (C=O) groups excluding carboxylic acids is 1. The Kier molecular flexibility index (Phi) is 5.03. The maximum absolute atomic E-state index is 11.7. The molecule has 2 aromatic rings. The summed E-state index contributed by atoms with van der Waals surface area (Å²) in [5.41, 5.74) is 3.46. The number of ether oxygens (including phenoxy) is 1. The van der Waals surface area contributed by atoms with E-state index in [0.717, 1.165) is 11.4 Å². The van der Waals surface area contributed by atoms with Crippen LogP contribution in [0.5, 0.6) is 0 Å². The molecule has 0 fully saturated rings. The molecule has 0 saturated heterocycles. The number of thioether (sulfide) groups is 1. The summed E-state index contributed by atoms with van der Waals surface area (Å²) < 4.78 is 5.04. The van der Waals surface area contributed by atoms with E-state index >= 15 is 0 Å². The van der Waals surface area contributed by atoms with Crippen LogP contribution in [-0.2, 0) is 9.53 Å². The highest BCUT2D eigenvalue weighted by molar-refractivity contribution is 8.00. The van der Waals surface area contributed by atoms with E-state index in [9.17, 15) is 4.79 Å². The van der Waals surface area contributed by atoms with Crippen LogP contribution in [-0.4, -0.2) is 23.7 Å². The molecule has 0 N–H and O–H groups in total. The van der Waals surface area contributed by atoms with E-state index in [0.29, 0.717) is 12.4 Å². The summed E-state index contributed by atoms with van der Waals surface area (Å²) in [7, 11) is 0. The molecule has 0 radical (unpaired) electrons. The zero-order valence-corrected chi connectivity index (χ0v) is 13.8. The monoisotopic (exact) mass is 325 g/mol. The molecule has 0 saturated carbocycles. The van der Waals surface area contributed by atoms with Crippen molar-refractivity contribution in [2.75, 3.05) is 17.3 Å². The van der Waals surface area contributed by atoms with Crippen LogP contribution in [0.2, 0.25) is 0 Å². The first kappa shape index (κ1) is 15.7. The minimum Gasteiger partial charge on any atom is -0.465 e. The average molecular weight is 325 g/mol. The summed E-state index contributed by atoms with van der Waals surface area (Å²) in [6.45, 7) is 2.25. The Labute approximate surface area is 141 Å². The molecule has 1 atom stereocenters. The molecule has 0 bridgehead atoms. The van der Waals surface area contributed by atoms with Crippen molar-refractivity contribution in [3.05, 3.63) is 66.2 Å². The number of hydrogen-bond acceptors (Lipinski definition) is 4. The van der Waals surface area contributed by atoms with Crippen LogP contribution >= 0.6 is 11.8 Å². The zero-order chi connectivity index (χ0) is 16.1. The number of esters is 1. The van der Waals surface area contributed by atoms with Crippen molar-refractivity contribution >= 4 is 35.2 Å². The highest BCUT2D eigenvalue weighted by Crippen LogP contribution is 2.38. The van der Waals surface area contributed by atoms with E-state index in [4.69, 9.17) is 4.74 Å². The summed E-state index contributed by atoms with van der Waals surface area (Å²) >= 11 is 1.58. The molecule has 1 unspecified atom stereocenters. The zero-order valence-electron chi connectivity index (χ0n) is 13.0. The summed E-state index contributed by atoms with van der Waals surface area (Å²) in [5, 5.41) is 0.0664. The summed E-state index contributed by atoms with van der Waals surface area (Å²) in [5.74, 6) is 0.173. The van der Waals surface area contributed by atoms with E-state index in [1.165, 1.54) is 5.56 Å². The molecule has 2 aromatic carbocycles. The lowest BCUT2D eigenvalue weighted by Gasteiger charge is -2.35. The van der Waals surface area contributed by atoms with Gasteiger partial charge in [-0.05, 0) is 30.7 Å². The van der Waals surface area contributed by atoms with Gasteiger partial charge in [0.1, 0.15) is 0 Å². The molecule has 1 aliphatic rings. The topological polar surface area (TPSA) is 29.5 Å². The molecular weight excluding hydrogens is 306 g/mol. The number of hydrogen-bond donors (Lipinski definition) is 0. The van der Waals surface area contributed by atoms with Crippen molar-refractivity contribution < 1.29 is 9.53 Å². The van der Waals surface area contributed by atoms with Gasteiger partial charge in [-0.15, -0.1) is 11.8 Å². The Balaban J connectivity index is 1.88. The largest absolute Gasteiger partial charge is 0.465 e. The van der Waals surface area contributed by atoms with Crippen molar-refractivity contribution in [3.8, 4) is 0 Å². The molecule has 118 valence electrons. The van der Waals surface area contributed by atoms with Gasteiger partial charge in [0, 0.05) is 11.4 Å². The number of carbonyl (C=O) groups is 1. The SMILES string of the molecule is CCOC(=O)CSC1C=Cc2ccccc2N1c1ccccc1. The van der Waals surface area contributed by atoms with Crippen LogP contribution in [0.4, 0.5) is 11.4 Å². The Morgan fingerprint density at radius 1 is 1.13 bits per heavy atom. The van der Waals surface area contributed by atoms with E-state index in [2.05, 4.69) is 41.3 Å². The molecule has 1 heterocycles. The molecule has 4 heteroatoms. The number of rotatable bonds is 5. The van der Waals surface area contributed by atoms with Crippen molar-refractivity contribution in [3.63, 3.8) is 0 Å². The minimum atomic E-state index is -0.169. The third-order valence-corrected chi connectivity index (χ3v) is 4.71. The van der Waals surface area contributed by atoms with Crippen molar-refractivity contribution in [2.24, 2.45) is 0 Å². The minimum absolute atomic E-state index is 0.0664. The summed E-state index contributed by atoms with van der Waals surface area (Å²) in [4.78, 5) is 14.0. The van der Waals surface area contributed by atoms with Gasteiger partial charge >= 0.3 is 5.97 Å². The van der Waals surface area contributed by atoms with Gasteiger partial charge in [-0.25, -0.2) is 0 Å². The van der Waals surface area contributed by atoms with Gasteiger partial charge in [0.15, 0.2) is 0 Å². The van der Waals surface area contributed by atoms with Crippen LogP contribution in [0.1, 0.15) is 12.5 Å². The molecule has 1 aliphatic heterocycles. The van der Waals surface area contributed by atoms with E-state index in [-0.39, 0.29) is 11.3 Å². The second-order valence-corrected chi connectivity index (χ2v) is 6.24. The fraction of sp³-hybridized carbons (Fsp3) is 0.211. The van der Waals surface area contributed by atoms with Crippen LogP contribution in [0, 0.1) is 0 Å². The van der Waals surface area contributed by atoms with Gasteiger partial charge in [-0.3, -0.25) is 4.79 Å².